The van der Waals surface area contributed by atoms with Crippen LogP contribution in [0.25, 0.3) is 0 Å². The Labute approximate surface area is 148 Å². The monoisotopic (exact) mass is 400 g/mol. The molecule has 0 saturated carbocycles. The van der Waals surface area contributed by atoms with E-state index in [2.05, 4.69) is 5.32 Å². The summed E-state index contributed by atoms with van der Waals surface area (Å²) in [5.74, 6) is -2.97. The summed E-state index contributed by atoms with van der Waals surface area (Å²) in [7, 11) is -3.19. The lowest BCUT2D eigenvalue weighted by molar-refractivity contribution is -0.192. The van der Waals surface area contributed by atoms with Crippen molar-refractivity contribution < 1.29 is 41.0 Å². The van der Waals surface area contributed by atoms with Gasteiger partial charge in [-0.05, 0) is 5.56 Å². The minimum Gasteiger partial charge on any atom is -0.475 e. The first kappa shape index (κ1) is 23.7. The predicted octanol–water partition coefficient (Wildman–Crippen LogP) is 0.920. The largest absolute Gasteiger partial charge is 0.490 e. The van der Waals surface area contributed by atoms with Gasteiger partial charge < -0.3 is 20.9 Å². The number of benzene rings is 1. The average molecular weight is 400 g/mol. The minimum absolute atomic E-state index is 0.0238. The summed E-state index contributed by atoms with van der Waals surface area (Å²) in [5, 5.41) is 9.51. The Kier molecular flexibility index (Phi) is 10.3. The Morgan fingerprint density at radius 3 is 2.15 bits per heavy atom. The van der Waals surface area contributed by atoms with E-state index in [1.807, 2.05) is 30.3 Å². The normalized spacial score (nSPS) is 11.1. The third-order valence-electron chi connectivity index (χ3n) is 2.57. The van der Waals surface area contributed by atoms with Crippen molar-refractivity contribution in [2.45, 2.75) is 12.8 Å². The molecule has 0 aliphatic heterocycles. The number of nitrogens with one attached hydrogen (secondary N) is 1. The number of hydrogen-bond donors (Lipinski definition) is 3. The summed E-state index contributed by atoms with van der Waals surface area (Å²) in [4.78, 5) is 20.2. The highest BCUT2D eigenvalue weighted by atomic mass is 32.2. The van der Waals surface area contributed by atoms with E-state index >= 15 is 0 Å². The maximum atomic E-state index is 11.3. The summed E-state index contributed by atoms with van der Waals surface area (Å²) >= 11 is 0. The zero-order valence-electron chi connectivity index (χ0n) is 13.5. The SMILES string of the molecule is NCCS(=O)(=O)CCNC(=O)OCc1ccccc1.O=C(O)C(F)(F)F. The molecule has 0 unspecified atom stereocenters. The number of alkyl halides is 3. The molecule has 0 aromatic heterocycles. The van der Waals surface area contributed by atoms with Crippen LogP contribution < -0.4 is 11.1 Å². The quantitative estimate of drug-likeness (QED) is 0.619. The lowest BCUT2D eigenvalue weighted by atomic mass is 10.2. The number of amides is 1. The van der Waals surface area contributed by atoms with Crippen LogP contribution in [-0.4, -0.2) is 56.4 Å². The van der Waals surface area contributed by atoms with Gasteiger partial charge in [-0.3, -0.25) is 0 Å². The molecule has 1 rings (SSSR count). The number of halogens is 3. The van der Waals surface area contributed by atoms with E-state index in [-0.39, 0.29) is 31.2 Å². The molecular weight excluding hydrogens is 381 g/mol. The number of carbonyl (C=O) groups excluding carboxylic acids is 1. The molecule has 0 saturated heterocycles. The standard InChI is InChI=1S/C12H18N2O4S.C2HF3O2/c13-6-8-19(16,17)9-7-14-12(15)18-10-11-4-2-1-3-5-11;3-2(4,5)1(6)7/h1-5H,6-10,13H2,(H,14,15);(H,6,7). The van der Waals surface area contributed by atoms with Crippen LogP contribution >= 0.6 is 0 Å². The van der Waals surface area contributed by atoms with Gasteiger partial charge in [0.1, 0.15) is 6.61 Å². The van der Waals surface area contributed by atoms with Gasteiger partial charge in [0.25, 0.3) is 0 Å². The van der Waals surface area contributed by atoms with Crippen LogP contribution in [0.5, 0.6) is 0 Å². The number of alkyl carbamates (subject to hydrolysis) is 1. The topological polar surface area (TPSA) is 136 Å². The van der Waals surface area contributed by atoms with Crippen molar-refractivity contribution in [3.05, 3.63) is 35.9 Å². The molecule has 0 bridgehead atoms. The molecule has 1 aromatic carbocycles. The highest BCUT2D eigenvalue weighted by Crippen LogP contribution is 2.13. The number of ether oxygens (including phenoxy) is 1. The maximum absolute atomic E-state index is 11.3. The van der Waals surface area contributed by atoms with Crippen LogP contribution in [0, 0.1) is 0 Å². The second kappa shape index (κ2) is 11.3. The fraction of sp³-hybridized carbons (Fsp3) is 0.429. The fourth-order valence-corrected chi connectivity index (χ4v) is 2.34. The summed E-state index contributed by atoms with van der Waals surface area (Å²) < 4.78 is 59.3. The Bertz CT molecular complexity index is 665. The number of rotatable bonds is 7. The van der Waals surface area contributed by atoms with E-state index in [0.29, 0.717) is 0 Å². The summed E-state index contributed by atoms with van der Waals surface area (Å²) in [5.41, 5.74) is 6.04. The number of aliphatic carboxylic acids is 1. The maximum Gasteiger partial charge on any atom is 0.490 e. The van der Waals surface area contributed by atoms with E-state index < -0.39 is 28.1 Å². The predicted molar refractivity (Wildman–Crippen MR) is 86.0 cm³/mol. The Balaban J connectivity index is 0.000000758. The van der Waals surface area contributed by atoms with Crippen LogP contribution in [0.2, 0.25) is 0 Å². The molecule has 1 aromatic rings. The van der Waals surface area contributed by atoms with E-state index in [9.17, 15) is 26.4 Å². The average Bonchev–Trinajstić information content (AvgIpc) is 2.53. The van der Waals surface area contributed by atoms with Crippen molar-refractivity contribution >= 4 is 21.9 Å². The minimum atomic E-state index is -5.08. The van der Waals surface area contributed by atoms with Gasteiger partial charge >= 0.3 is 18.2 Å². The molecule has 0 heterocycles. The zero-order valence-corrected chi connectivity index (χ0v) is 14.3. The molecule has 4 N–H and O–H groups in total. The van der Waals surface area contributed by atoms with E-state index in [0.717, 1.165) is 5.56 Å². The second-order valence-electron chi connectivity index (χ2n) is 4.73. The van der Waals surface area contributed by atoms with Crippen LogP contribution in [0.15, 0.2) is 30.3 Å². The van der Waals surface area contributed by atoms with E-state index in [1.165, 1.54) is 0 Å². The molecule has 0 aliphatic rings. The third kappa shape index (κ3) is 12.1. The first-order valence-electron chi connectivity index (χ1n) is 7.13. The molecular formula is C14H19F3N2O6S. The van der Waals surface area contributed by atoms with E-state index in [1.54, 1.807) is 0 Å². The van der Waals surface area contributed by atoms with Crippen molar-refractivity contribution in [1.82, 2.24) is 5.32 Å². The number of carboxylic acids is 1. The Hall–Kier alpha value is -2.34. The molecule has 12 heteroatoms. The number of sulfone groups is 1. The molecule has 0 aliphatic carbocycles. The molecule has 0 spiro atoms. The highest BCUT2D eigenvalue weighted by Gasteiger charge is 2.38. The van der Waals surface area contributed by atoms with Gasteiger partial charge in [0, 0.05) is 13.1 Å². The van der Waals surface area contributed by atoms with Gasteiger partial charge in [-0.1, -0.05) is 30.3 Å². The van der Waals surface area contributed by atoms with Gasteiger partial charge in [-0.25, -0.2) is 18.0 Å². The van der Waals surface area contributed by atoms with Crippen molar-refractivity contribution in [3.8, 4) is 0 Å². The number of nitrogens with two attached hydrogens (primary N) is 1. The first-order chi connectivity index (χ1) is 12.0. The molecule has 0 fully saturated rings. The van der Waals surface area contributed by atoms with Crippen molar-refractivity contribution in [1.29, 1.82) is 0 Å². The zero-order chi connectivity index (χ0) is 20.2. The third-order valence-corrected chi connectivity index (χ3v) is 4.25. The van der Waals surface area contributed by atoms with Gasteiger partial charge in [0.15, 0.2) is 9.84 Å². The molecule has 26 heavy (non-hydrogen) atoms. The van der Waals surface area contributed by atoms with Gasteiger partial charge in [-0.15, -0.1) is 0 Å². The highest BCUT2D eigenvalue weighted by molar-refractivity contribution is 7.91. The molecule has 0 atom stereocenters. The van der Waals surface area contributed by atoms with Gasteiger partial charge in [0.2, 0.25) is 0 Å². The molecule has 0 radical (unpaired) electrons. The fourth-order valence-electron chi connectivity index (χ4n) is 1.36. The number of hydrogen-bond acceptors (Lipinski definition) is 6. The van der Waals surface area contributed by atoms with Crippen LogP contribution in [0.4, 0.5) is 18.0 Å². The lowest BCUT2D eigenvalue weighted by Gasteiger charge is -2.07. The van der Waals surface area contributed by atoms with E-state index in [4.69, 9.17) is 20.4 Å². The Morgan fingerprint density at radius 1 is 1.15 bits per heavy atom. The molecule has 1 amide bonds. The van der Waals surface area contributed by atoms with Gasteiger partial charge in [-0.2, -0.15) is 13.2 Å². The smallest absolute Gasteiger partial charge is 0.475 e. The summed E-state index contributed by atoms with van der Waals surface area (Å²) in [6.07, 6.45) is -5.72. The van der Waals surface area contributed by atoms with Gasteiger partial charge in [0.05, 0.1) is 11.5 Å². The van der Waals surface area contributed by atoms with Crippen molar-refractivity contribution in [2.75, 3.05) is 24.6 Å². The summed E-state index contributed by atoms with van der Waals surface area (Å²) in [6, 6.07) is 9.22. The van der Waals surface area contributed by atoms with Crippen LogP contribution in [0.1, 0.15) is 5.56 Å². The summed E-state index contributed by atoms with van der Waals surface area (Å²) in [6.45, 7) is 0.263. The number of carboxylic acid groups (broad SMARTS) is 1. The Morgan fingerprint density at radius 2 is 1.69 bits per heavy atom. The molecule has 148 valence electrons. The second-order valence-corrected chi connectivity index (χ2v) is 7.04. The molecule has 8 nitrogen and oxygen atoms in total. The van der Waals surface area contributed by atoms with Crippen LogP contribution in [-0.2, 0) is 26.0 Å². The van der Waals surface area contributed by atoms with Crippen LogP contribution in [0.3, 0.4) is 0 Å². The lowest BCUT2D eigenvalue weighted by Crippen LogP contribution is -2.31. The van der Waals surface area contributed by atoms with Crippen molar-refractivity contribution in [2.24, 2.45) is 5.73 Å². The first-order valence-corrected chi connectivity index (χ1v) is 8.95. The number of carbonyl (C=O) groups is 2. The van der Waals surface area contributed by atoms with Crippen molar-refractivity contribution in [3.63, 3.8) is 0 Å².